The Kier molecular flexibility index (Phi) is 5.69. The molecule has 1 aliphatic rings. The topological polar surface area (TPSA) is 29.1 Å². The number of halogens is 2. The molecule has 104 valence electrons. The number of aryl methyl sites for hydroxylation is 1. The summed E-state index contributed by atoms with van der Waals surface area (Å²) in [6.45, 7) is 2.04. The highest BCUT2D eigenvalue weighted by Crippen LogP contribution is 2.26. The molecule has 2 nitrogen and oxygen atoms in total. The molecule has 0 saturated heterocycles. The first-order chi connectivity index (χ1) is 9.11. The van der Waals surface area contributed by atoms with Crippen molar-refractivity contribution in [1.82, 2.24) is 5.32 Å². The molecule has 2 rings (SSSR count). The van der Waals surface area contributed by atoms with Crippen LogP contribution < -0.4 is 5.32 Å². The Morgan fingerprint density at radius 1 is 1.47 bits per heavy atom. The zero-order valence-corrected chi connectivity index (χ0v) is 14.8. The predicted molar refractivity (Wildman–Crippen MR) is 90.9 cm³/mol. The minimum absolute atomic E-state index is 0.0772. The van der Waals surface area contributed by atoms with Gasteiger partial charge in [-0.25, -0.2) is 0 Å². The lowest BCUT2D eigenvalue weighted by molar-refractivity contribution is 0.0921. The number of rotatable bonds is 3. The van der Waals surface area contributed by atoms with Gasteiger partial charge in [-0.2, -0.15) is 0 Å². The van der Waals surface area contributed by atoms with Crippen LogP contribution in [0.25, 0.3) is 0 Å². The van der Waals surface area contributed by atoms with Gasteiger partial charge in [0.1, 0.15) is 0 Å². The van der Waals surface area contributed by atoms with Gasteiger partial charge in [-0.15, -0.1) is 0 Å². The van der Waals surface area contributed by atoms with Crippen LogP contribution in [0, 0.1) is 16.4 Å². The first kappa shape index (κ1) is 15.3. The van der Waals surface area contributed by atoms with Gasteiger partial charge in [0.2, 0.25) is 0 Å². The van der Waals surface area contributed by atoms with Crippen LogP contribution in [0.2, 0.25) is 0 Å². The highest BCUT2D eigenvalue weighted by atomic mass is 127. The number of carbonyl (C=O) groups excluding carboxylic acids is 1. The van der Waals surface area contributed by atoms with Gasteiger partial charge < -0.3 is 5.32 Å². The Bertz CT molecular complexity index is 463. The number of hydrogen-bond donors (Lipinski definition) is 1. The molecule has 0 heterocycles. The van der Waals surface area contributed by atoms with Crippen LogP contribution in [0.15, 0.2) is 18.2 Å². The number of hydrogen-bond acceptors (Lipinski definition) is 1. The molecule has 0 bridgehead atoms. The van der Waals surface area contributed by atoms with E-state index in [-0.39, 0.29) is 5.91 Å². The highest BCUT2D eigenvalue weighted by molar-refractivity contribution is 14.1. The minimum atomic E-state index is 0.0772. The van der Waals surface area contributed by atoms with Crippen LogP contribution in [0.5, 0.6) is 0 Å². The molecule has 1 N–H and O–H groups in total. The SMILES string of the molecule is Cc1cccc(C(=O)NC2CCCC(CBr)C2)c1I. The van der Waals surface area contributed by atoms with E-state index >= 15 is 0 Å². The molecule has 1 aliphatic carbocycles. The van der Waals surface area contributed by atoms with E-state index in [1.54, 1.807) is 0 Å². The molecule has 1 aromatic rings. The van der Waals surface area contributed by atoms with Gasteiger partial charge in [-0.1, -0.05) is 34.5 Å². The van der Waals surface area contributed by atoms with E-state index in [0.29, 0.717) is 12.0 Å². The molecule has 19 heavy (non-hydrogen) atoms. The largest absolute Gasteiger partial charge is 0.349 e. The van der Waals surface area contributed by atoms with Crippen LogP contribution >= 0.6 is 38.5 Å². The maximum Gasteiger partial charge on any atom is 0.252 e. The summed E-state index contributed by atoms with van der Waals surface area (Å²) in [6.07, 6.45) is 4.70. The molecular formula is C15H19BrINO. The van der Waals surface area contributed by atoms with E-state index in [0.717, 1.165) is 32.9 Å². The average Bonchev–Trinajstić information content (AvgIpc) is 2.42. The molecule has 2 atom stereocenters. The smallest absolute Gasteiger partial charge is 0.252 e. The van der Waals surface area contributed by atoms with Crippen molar-refractivity contribution in [3.05, 3.63) is 32.9 Å². The average molecular weight is 436 g/mol. The molecule has 2 unspecified atom stereocenters. The molecule has 0 aliphatic heterocycles. The van der Waals surface area contributed by atoms with E-state index in [2.05, 4.69) is 43.8 Å². The van der Waals surface area contributed by atoms with E-state index in [9.17, 15) is 4.79 Å². The molecule has 4 heteroatoms. The van der Waals surface area contributed by atoms with Gasteiger partial charge in [-0.3, -0.25) is 4.79 Å². The second-order valence-corrected chi connectivity index (χ2v) is 7.02. The van der Waals surface area contributed by atoms with Crippen molar-refractivity contribution in [1.29, 1.82) is 0 Å². The van der Waals surface area contributed by atoms with E-state index < -0.39 is 0 Å². The maximum atomic E-state index is 12.4. The van der Waals surface area contributed by atoms with Crippen molar-refractivity contribution in [3.63, 3.8) is 0 Å². The standard InChI is InChI=1S/C15H19BrINO/c1-10-4-2-7-13(14(10)17)15(19)18-12-6-3-5-11(8-12)9-16/h2,4,7,11-12H,3,5-6,8-9H2,1H3,(H,18,19). The second kappa shape index (κ2) is 7.07. The fraction of sp³-hybridized carbons (Fsp3) is 0.533. The molecular weight excluding hydrogens is 417 g/mol. The molecule has 1 fully saturated rings. The number of alkyl halides is 1. The van der Waals surface area contributed by atoms with Gasteiger partial charge in [0.05, 0.1) is 5.56 Å². The van der Waals surface area contributed by atoms with Gasteiger partial charge in [0, 0.05) is 14.9 Å². The Labute approximate surface area is 137 Å². The number of amides is 1. The van der Waals surface area contributed by atoms with E-state index in [4.69, 9.17) is 0 Å². The summed E-state index contributed by atoms with van der Waals surface area (Å²) in [5.41, 5.74) is 1.97. The summed E-state index contributed by atoms with van der Waals surface area (Å²) in [5.74, 6) is 0.781. The normalized spacial score (nSPS) is 23.1. The Hall–Kier alpha value is -0.100. The third kappa shape index (κ3) is 3.94. The first-order valence-electron chi connectivity index (χ1n) is 6.73. The van der Waals surface area contributed by atoms with E-state index in [1.807, 2.05) is 25.1 Å². The Balaban J connectivity index is 2.02. The summed E-state index contributed by atoms with van der Waals surface area (Å²) in [5, 5.41) is 4.25. The number of nitrogens with one attached hydrogen (secondary N) is 1. The zero-order valence-electron chi connectivity index (χ0n) is 11.1. The Morgan fingerprint density at radius 2 is 2.26 bits per heavy atom. The molecule has 1 saturated carbocycles. The summed E-state index contributed by atoms with van der Waals surface area (Å²) >= 11 is 5.81. The fourth-order valence-corrected chi connectivity index (χ4v) is 3.84. The lowest BCUT2D eigenvalue weighted by Gasteiger charge is -2.28. The van der Waals surface area contributed by atoms with Gasteiger partial charge in [0.25, 0.3) is 5.91 Å². The van der Waals surface area contributed by atoms with Crippen molar-refractivity contribution >= 4 is 44.4 Å². The monoisotopic (exact) mass is 435 g/mol. The van der Waals surface area contributed by atoms with Crippen LogP contribution in [0.4, 0.5) is 0 Å². The molecule has 0 aromatic heterocycles. The molecule has 0 radical (unpaired) electrons. The lowest BCUT2D eigenvalue weighted by atomic mass is 9.87. The Morgan fingerprint density at radius 3 is 3.00 bits per heavy atom. The molecule has 1 amide bonds. The van der Waals surface area contributed by atoms with Gasteiger partial charge >= 0.3 is 0 Å². The summed E-state index contributed by atoms with van der Waals surface area (Å²) in [7, 11) is 0. The van der Waals surface area contributed by atoms with Crippen LogP contribution in [-0.4, -0.2) is 17.3 Å². The van der Waals surface area contributed by atoms with Gasteiger partial charge in [0.15, 0.2) is 0 Å². The van der Waals surface area contributed by atoms with Crippen molar-refractivity contribution in [2.75, 3.05) is 5.33 Å². The molecule has 1 aromatic carbocycles. The number of carbonyl (C=O) groups is 1. The summed E-state index contributed by atoms with van der Waals surface area (Å²) < 4.78 is 1.06. The lowest BCUT2D eigenvalue weighted by Crippen LogP contribution is -2.39. The van der Waals surface area contributed by atoms with Crippen LogP contribution in [0.1, 0.15) is 41.6 Å². The summed E-state index contributed by atoms with van der Waals surface area (Å²) in [4.78, 5) is 12.4. The summed E-state index contributed by atoms with van der Waals surface area (Å²) in [6, 6.07) is 6.24. The van der Waals surface area contributed by atoms with E-state index in [1.165, 1.54) is 12.8 Å². The van der Waals surface area contributed by atoms with Crippen LogP contribution in [-0.2, 0) is 0 Å². The third-order valence-corrected chi connectivity index (χ3v) is 6.12. The van der Waals surface area contributed by atoms with Crippen molar-refractivity contribution in [3.8, 4) is 0 Å². The quantitative estimate of drug-likeness (QED) is 0.557. The second-order valence-electron chi connectivity index (χ2n) is 5.29. The minimum Gasteiger partial charge on any atom is -0.349 e. The predicted octanol–water partition coefficient (Wildman–Crippen LogP) is 4.28. The van der Waals surface area contributed by atoms with Gasteiger partial charge in [-0.05, 0) is 66.3 Å². The van der Waals surface area contributed by atoms with Crippen LogP contribution in [0.3, 0.4) is 0 Å². The molecule has 0 spiro atoms. The fourth-order valence-electron chi connectivity index (χ4n) is 2.65. The third-order valence-electron chi connectivity index (χ3n) is 3.77. The zero-order chi connectivity index (χ0) is 13.8. The highest BCUT2D eigenvalue weighted by Gasteiger charge is 2.23. The van der Waals surface area contributed by atoms with Crippen molar-refractivity contribution in [2.24, 2.45) is 5.92 Å². The van der Waals surface area contributed by atoms with Crippen molar-refractivity contribution < 1.29 is 4.79 Å². The van der Waals surface area contributed by atoms with Crippen molar-refractivity contribution in [2.45, 2.75) is 38.6 Å². The maximum absolute atomic E-state index is 12.4. The number of benzene rings is 1. The first-order valence-corrected chi connectivity index (χ1v) is 8.93.